The minimum Gasteiger partial charge on any atom is -0.497 e. The number of methoxy groups -OCH3 is 1. The number of fused-ring (bicyclic) bond motifs is 1. The molecule has 1 aliphatic carbocycles. The fourth-order valence-electron chi connectivity index (χ4n) is 4.40. The second-order valence-electron chi connectivity index (χ2n) is 7.37. The van der Waals surface area contributed by atoms with Crippen molar-refractivity contribution in [2.24, 2.45) is 0 Å². The maximum Gasteiger partial charge on any atom is 0.237 e. The minimum absolute atomic E-state index is 0.0118. The number of carbonyl (C=O) groups is 1. The van der Waals surface area contributed by atoms with Gasteiger partial charge in [0.15, 0.2) is 0 Å². The number of hydrogen-bond acceptors (Lipinski definition) is 3. The number of hydrogen-bond donors (Lipinski definition) is 3. The molecule has 0 bridgehead atoms. The van der Waals surface area contributed by atoms with Crippen molar-refractivity contribution >= 4 is 16.8 Å². The van der Waals surface area contributed by atoms with Gasteiger partial charge in [-0.3, -0.25) is 4.79 Å². The van der Waals surface area contributed by atoms with Crippen LogP contribution in [0.25, 0.3) is 10.9 Å². The summed E-state index contributed by atoms with van der Waals surface area (Å²) in [5, 5.41) is 7.82. The van der Waals surface area contributed by atoms with E-state index in [1.807, 2.05) is 6.07 Å². The van der Waals surface area contributed by atoms with Crippen LogP contribution in [0.1, 0.15) is 50.0 Å². The van der Waals surface area contributed by atoms with Crippen molar-refractivity contribution < 1.29 is 9.53 Å². The molecule has 1 unspecified atom stereocenters. The quantitative estimate of drug-likeness (QED) is 0.801. The summed E-state index contributed by atoms with van der Waals surface area (Å²) < 4.78 is 5.39. The third-order valence-corrected chi connectivity index (χ3v) is 5.76. The van der Waals surface area contributed by atoms with E-state index in [2.05, 4.69) is 33.9 Å². The maximum atomic E-state index is 12.4. The van der Waals surface area contributed by atoms with E-state index in [4.69, 9.17) is 4.74 Å². The third kappa shape index (κ3) is 3.38. The van der Waals surface area contributed by atoms with Crippen molar-refractivity contribution in [2.45, 2.75) is 56.5 Å². The summed E-state index contributed by atoms with van der Waals surface area (Å²) in [6.45, 7) is 0.961. The Morgan fingerprint density at radius 3 is 2.96 bits per heavy atom. The van der Waals surface area contributed by atoms with Gasteiger partial charge in [0.1, 0.15) is 5.75 Å². The topological polar surface area (TPSA) is 66.1 Å². The molecule has 134 valence electrons. The van der Waals surface area contributed by atoms with Gasteiger partial charge >= 0.3 is 0 Å². The van der Waals surface area contributed by atoms with Crippen LogP contribution in [-0.4, -0.2) is 36.6 Å². The summed E-state index contributed by atoms with van der Waals surface area (Å²) in [7, 11) is 1.71. The molecule has 2 aromatic rings. The van der Waals surface area contributed by atoms with Crippen molar-refractivity contribution in [3.63, 3.8) is 0 Å². The second kappa shape index (κ2) is 7.08. The Morgan fingerprint density at radius 2 is 2.16 bits per heavy atom. The van der Waals surface area contributed by atoms with Gasteiger partial charge in [-0.15, -0.1) is 0 Å². The highest BCUT2D eigenvalue weighted by molar-refractivity contribution is 5.85. The summed E-state index contributed by atoms with van der Waals surface area (Å²) >= 11 is 0. The van der Waals surface area contributed by atoms with Gasteiger partial charge < -0.3 is 20.4 Å². The van der Waals surface area contributed by atoms with Crippen molar-refractivity contribution in [2.75, 3.05) is 13.7 Å². The molecule has 1 saturated heterocycles. The van der Waals surface area contributed by atoms with Crippen LogP contribution >= 0.6 is 0 Å². The molecular formula is C20H27N3O2. The van der Waals surface area contributed by atoms with Gasteiger partial charge in [-0.2, -0.15) is 0 Å². The second-order valence-corrected chi connectivity index (χ2v) is 7.37. The van der Waals surface area contributed by atoms with E-state index in [0.717, 1.165) is 49.9 Å². The van der Waals surface area contributed by atoms with Gasteiger partial charge in [0.25, 0.3) is 0 Å². The van der Waals surface area contributed by atoms with E-state index >= 15 is 0 Å². The Morgan fingerprint density at radius 1 is 1.24 bits per heavy atom. The molecule has 0 spiro atoms. The molecular weight excluding hydrogens is 314 g/mol. The lowest BCUT2D eigenvalue weighted by Crippen LogP contribution is -2.46. The predicted octanol–water partition coefficient (Wildman–Crippen LogP) is 3.07. The first-order chi connectivity index (χ1) is 12.2. The first-order valence-electron chi connectivity index (χ1n) is 9.43. The van der Waals surface area contributed by atoms with Crippen LogP contribution in [0.5, 0.6) is 5.75 Å². The van der Waals surface area contributed by atoms with Crippen LogP contribution in [0, 0.1) is 0 Å². The molecule has 4 rings (SSSR count). The van der Waals surface area contributed by atoms with Crippen LogP contribution in [0.2, 0.25) is 0 Å². The van der Waals surface area contributed by atoms with Crippen LogP contribution in [0.4, 0.5) is 0 Å². The lowest BCUT2D eigenvalue weighted by Gasteiger charge is -2.30. The number of benzene rings is 1. The van der Waals surface area contributed by atoms with Gasteiger partial charge in [0.05, 0.1) is 13.2 Å². The van der Waals surface area contributed by atoms with E-state index in [0.29, 0.717) is 5.92 Å². The number of aromatic amines is 1. The average molecular weight is 341 g/mol. The largest absolute Gasteiger partial charge is 0.497 e. The molecule has 1 amide bonds. The molecule has 1 aromatic heterocycles. The number of rotatable bonds is 4. The Kier molecular flexibility index (Phi) is 4.66. The zero-order chi connectivity index (χ0) is 17.2. The molecule has 2 aliphatic rings. The summed E-state index contributed by atoms with van der Waals surface area (Å²) in [6.07, 6.45) is 8.64. The number of carbonyl (C=O) groups excluding carboxylic acids is 1. The number of H-pyrrole nitrogens is 1. The van der Waals surface area contributed by atoms with E-state index in [9.17, 15) is 4.79 Å². The molecule has 5 heteroatoms. The number of nitrogens with one attached hydrogen (secondary N) is 3. The molecule has 0 radical (unpaired) electrons. The van der Waals surface area contributed by atoms with Crippen LogP contribution in [0.3, 0.4) is 0 Å². The highest BCUT2D eigenvalue weighted by Gasteiger charge is 2.29. The maximum absolute atomic E-state index is 12.4. The standard InChI is InChI=1S/C20H27N3O2/c1-25-15-7-8-18-16(11-15)17(12-22-18)13-4-2-5-14(10-13)23-20(24)19-6-3-9-21-19/h7-8,11-14,19,21-22H,2-6,9-10H2,1H3,(H,23,24)/t13-,14?,19+/m1/s1. The molecule has 1 aliphatic heterocycles. The number of amides is 1. The molecule has 3 atom stereocenters. The molecule has 1 aromatic carbocycles. The fourth-order valence-corrected chi connectivity index (χ4v) is 4.40. The minimum atomic E-state index is 0.0118. The summed E-state index contributed by atoms with van der Waals surface area (Å²) in [6, 6.07) is 6.47. The Bertz CT molecular complexity index is 748. The lowest BCUT2D eigenvalue weighted by atomic mass is 9.81. The molecule has 1 saturated carbocycles. The molecule has 3 N–H and O–H groups in total. The fraction of sp³-hybridized carbons (Fsp3) is 0.550. The summed E-state index contributed by atoms with van der Waals surface area (Å²) in [5.41, 5.74) is 2.50. The SMILES string of the molecule is COc1ccc2[nH]cc([C@@H]3CCCC(NC(=O)[C@@H]4CCCN4)C3)c2c1. The van der Waals surface area contributed by atoms with Crippen LogP contribution in [0.15, 0.2) is 24.4 Å². The molecule has 5 nitrogen and oxygen atoms in total. The van der Waals surface area contributed by atoms with E-state index in [1.165, 1.54) is 17.4 Å². The summed E-state index contributed by atoms with van der Waals surface area (Å²) in [5.74, 6) is 1.56. The monoisotopic (exact) mass is 341 g/mol. The normalized spacial score (nSPS) is 26.7. The van der Waals surface area contributed by atoms with Crippen molar-refractivity contribution in [1.29, 1.82) is 0 Å². The summed E-state index contributed by atoms with van der Waals surface area (Å²) in [4.78, 5) is 15.8. The first kappa shape index (κ1) is 16.5. The Balaban J connectivity index is 1.48. The number of aromatic nitrogens is 1. The van der Waals surface area contributed by atoms with Gasteiger partial charge in [0, 0.05) is 23.1 Å². The third-order valence-electron chi connectivity index (χ3n) is 5.76. The number of ether oxygens (including phenoxy) is 1. The van der Waals surface area contributed by atoms with Crippen LogP contribution < -0.4 is 15.4 Å². The van der Waals surface area contributed by atoms with Gasteiger partial charge in [-0.25, -0.2) is 0 Å². The highest BCUT2D eigenvalue weighted by atomic mass is 16.5. The molecule has 2 heterocycles. The average Bonchev–Trinajstić information content (AvgIpc) is 3.31. The Labute approximate surface area is 148 Å². The highest BCUT2D eigenvalue weighted by Crippen LogP contribution is 2.37. The van der Waals surface area contributed by atoms with E-state index < -0.39 is 0 Å². The predicted molar refractivity (Wildman–Crippen MR) is 99.0 cm³/mol. The zero-order valence-corrected chi connectivity index (χ0v) is 14.8. The van der Waals surface area contributed by atoms with Crippen LogP contribution in [-0.2, 0) is 4.79 Å². The van der Waals surface area contributed by atoms with Crippen molar-refractivity contribution in [1.82, 2.24) is 15.6 Å². The van der Waals surface area contributed by atoms with Gasteiger partial charge in [-0.05, 0) is 68.3 Å². The smallest absolute Gasteiger partial charge is 0.237 e. The molecule has 25 heavy (non-hydrogen) atoms. The zero-order valence-electron chi connectivity index (χ0n) is 14.8. The van der Waals surface area contributed by atoms with Gasteiger partial charge in [0.2, 0.25) is 5.91 Å². The van der Waals surface area contributed by atoms with E-state index in [1.54, 1.807) is 7.11 Å². The Hall–Kier alpha value is -2.01. The lowest BCUT2D eigenvalue weighted by molar-refractivity contribution is -0.123. The molecule has 2 fully saturated rings. The first-order valence-corrected chi connectivity index (χ1v) is 9.43. The van der Waals surface area contributed by atoms with Crippen molar-refractivity contribution in [3.05, 3.63) is 30.0 Å². The van der Waals surface area contributed by atoms with Gasteiger partial charge in [-0.1, -0.05) is 6.42 Å². The van der Waals surface area contributed by atoms with Crippen molar-refractivity contribution in [3.8, 4) is 5.75 Å². The van der Waals surface area contributed by atoms with E-state index in [-0.39, 0.29) is 18.0 Å².